The molecule has 2 aromatic carbocycles. The van der Waals surface area contributed by atoms with Gasteiger partial charge in [0.1, 0.15) is 5.75 Å². The Morgan fingerprint density at radius 2 is 2.07 bits per heavy atom. The second kappa shape index (κ2) is 8.41. The average Bonchev–Trinajstić information content (AvgIpc) is 2.99. The number of ether oxygens (including phenoxy) is 1. The van der Waals surface area contributed by atoms with E-state index in [-0.39, 0.29) is 24.6 Å². The molecule has 0 fully saturated rings. The van der Waals surface area contributed by atoms with Crippen LogP contribution in [0.15, 0.2) is 66.2 Å². The number of benzene rings is 2. The van der Waals surface area contributed by atoms with Gasteiger partial charge in [-0.2, -0.15) is 4.99 Å². The third-order valence-corrected chi connectivity index (χ3v) is 4.78. The minimum atomic E-state index is -0.445. The molecule has 27 heavy (non-hydrogen) atoms. The molecule has 3 rings (SSSR count). The fourth-order valence-electron chi connectivity index (χ4n) is 2.50. The third-order valence-electron chi connectivity index (χ3n) is 3.74. The Balaban J connectivity index is 1.82. The van der Waals surface area contributed by atoms with Gasteiger partial charge in [0.05, 0.1) is 28.2 Å². The highest BCUT2D eigenvalue weighted by molar-refractivity contribution is 7.16. The Labute approximate surface area is 159 Å². The van der Waals surface area contributed by atoms with Crippen molar-refractivity contribution in [2.45, 2.75) is 13.0 Å². The molecule has 0 unspecified atom stereocenters. The van der Waals surface area contributed by atoms with E-state index >= 15 is 0 Å². The van der Waals surface area contributed by atoms with Gasteiger partial charge in [-0.05, 0) is 18.2 Å². The van der Waals surface area contributed by atoms with Gasteiger partial charge < -0.3 is 9.30 Å². The van der Waals surface area contributed by atoms with Crippen molar-refractivity contribution in [2.75, 3.05) is 6.61 Å². The first kappa shape index (κ1) is 18.5. The van der Waals surface area contributed by atoms with Crippen molar-refractivity contribution < 1.29 is 14.5 Å². The molecule has 0 saturated carbocycles. The van der Waals surface area contributed by atoms with Crippen LogP contribution in [-0.4, -0.2) is 22.0 Å². The molecule has 0 aliphatic rings. The number of aromatic nitrogens is 1. The summed E-state index contributed by atoms with van der Waals surface area (Å²) in [6, 6.07) is 13.8. The predicted molar refractivity (Wildman–Crippen MR) is 104 cm³/mol. The van der Waals surface area contributed by atoms with Crippen LogP contribution in [0, 0.1) is 10.1 Å². The highest BCUT2D eigenvalue weighted by Gasteiger charge is 2.12. The predicted octanol–water partition coefficient (Wildman–Crippen LogP) is 3.69. The molecular formula is C19H17N3O4S. The van der Waals surface area contributed by atoms with Crippen LogP contribution in [-0.2, 0) is 11.3 Å². The Hall–Kier alpha value is -3.26. The maximum absolute atomic E-state index is 12.2. The fourth-order valence-corrected chi connectivity index (χ4v) is 3.59. The Bertz CT molecular complexity index is 1050. The Kier molecular flexibility index (Phi) is 5.77. The monoisotopic (exact) mass is 383 g/mol. The van der Waals surface area contributed by atoms with E-state index in [0.29, 0.717) is 21.8 Å². The number of nitro groups is 1. The molecule has 0 saturated heterocycles. The number of nitro benzene ring substituents is 1. The first-order chi connectivity index (χ1) is 13.1. The van der Waals surface area contributed by atoms with Crippen LogP contribution in [0.1, 0.15) is 6.42 Å². The molecule has 0 N–H and O–H groups in total. The number of nitrogens with zero attached hydrogens (tertiary/aromatic N) is 3. The minimum absolute atomic E-state index is 0.00337. The molecule has 0 atom stereocenters. The fraction of sp³-hybridized carbons (Fsp3) is 0.158. The van der Waals surface area contributed by atoms with Crippen molar-refractivity contribution >= 4 is 33.1 Å². The average molecular weight is 383 g/mol. The molecule has 1 heterocycles. The number of thiazole rings is 1. The molecule has 0 aliphatic heterocycles. The van der Waals surface area contributed by atoms with E-state index in [0.717, 1.165) is 5.52 Å². The summed E-state index contributed by atoms with van der Waals surface area (Å²) in [6.07, 6.45) is 1.83. The van der Waals surface area contributed by atoms with Crippen LogP contribution < -0.4 is 9.54 Å². The first-order valence-corrected chi connectivity index (χ1v) is 9.04. The topological polar surface area (TPSA) is 86.7 Å². The number of amides is 1. The summed E-state index contributed by atoms with van der Waals surface area (Å²) in [5.74, 6) is 0.381. The minimum Gasteiger partial charge on any atom is -0.493 e. The molecule has 1 aromatic heterocycles. The SMILES string of the molecule is C=CCn1c(=NC(=O)CCOc2ccccc2)sc2cc([N+](=O)[O-])ccc21. The quantitative estimate of drug-likeness (QED) is 0.354. The number of hydrogen-bond donors (Lipinski definition) is 0. The number of rotatable bonds is 7. The molecular weight excluding hydrogens is 366 g/mol. The van der Waals surface area contributed by atoms with Crippen LogP contribution >= 0.6 is 11.3 Å². The van der Waals surface area contributed by atoms with Crippen molar-refractivity contribution in [2.24, 2.45) is 4.99 Å². The summed E-state index contributed by atoms with van der Waals surface area (Å²) in [6.45, 7) is 4.40. The summed E-state index contributed by atoms with van der Waals surface area (Å²) in [7, 11) is 0. The second-order valence-corrected chi connectivity index (χ2v) is 6.62. The molecule has 1 amide bonds. The lowest BCUT2D eigenvalue weighted by Crippen LogP contribution is -2.17. The van der Waals surface area contributed by atoms with Gasteiger partial charge in [0.2, 0.25) is 0 Å². The zero-order valence-electron chi connectivity index (χ0n) is 14.4. The van der Waals surface area contributed by atoms with Crippen molar-refractivity contribution in [1.29, 1.82) is 0 Å². The van der Waals surface area contributed by atoms with Crippen LogP contribution in [0.2, 0.25) is 0 Å². The summed E-state index contributed by atoms with van der Waals surface area (Å²) in [4.78, 5) is 27.4. The summed E-state index contributed by atoms with van der Waals surface area (Å²) < 4.78 is 8.02. The third kappa shape index (κ3) is 4.48. The summed E-state index contributed by atoms with van der Waals surface area (Å²) in [5.41, 5.74) is 0.779. The second-order valence-electron chi connectivity index (χ2n) is 5.61. The van der Waals surface area contributed by atoms with Gasteiger partial charge in [-0.3, -0.25) is 14.9 Å². The van der Waals surface area contributed by atoms with Gasteiger partial charge in [0.15, 0.2) is 4.80 Å². The van der Waals surface area contributed by atoms with Crippen LogP contribution in [0.4, 0.5) is 5.69 Å². The van der Waals surface area contributed by atoms with E-state index in [2.05, 4.69) is 11.6 Å². The van der Waals surface area contributed by atoms with E-state index < -0.39 is 4.92 Å². The molecule has 7 nitrogen and oxygen atoms in total. The maximum atomic E-state index is 12.2. The standard InChI is InChI=1S/C19H17N3O4S/c1-2-11-21-16-9-8-14(22(24)25)13-17(16)27-19(21)20-18(23)10-12-26-15-6-4-3-5-7-15/h2-9,13H,1,10-12H2. The van der Waals surface area contributed by atoms with E-state index in [4.69, 9.17) is 4.74 Å². The summed E-state index contributed by atoms with van der Waals surface area (Å²) >= 11 is 1.24. The Morgan fingerprint density at radius 1 is 1.30 bits per heavy atom. The van der Waals surface area contributed by atoms with Gasteiger partial charge in [0.25, 0.3) is 11.6 Å². The number of allylic oxidation sites excluding steroid dienone is 1. The lowest BCUT2D eigenvalue weighted by atomic mass is 10.3. The van der Waals surface area contributed by atoms with E-state index in [1.54, 1.807) is 12.1 Å². The molecule has 0 bridgehead atoms. The number of fused-ring (bicyclic) bond motifs is 1. The van der Waals surface area contributed by atoms with Crippen molar-refractivity contribution in [1.82, 2.24) is 4.57 Å². The number of para-hydroxylation sites is 1. The van der Waals surface area contributed by atoms with Crippen LogP contribution in [0.25, 0.3) is 10.2 Å². The zero-order chi connectivity index (χ0) is 19.2. The largest absolute Gasteiger partial charge is 0.493 e. The number of carbonyl (C=O) groups is 1. The first-order valence-electron chi connectivity index (χ1n) is 8.22. The highest BCUT2D eigenvalue weighted by Crippen LogP contribution is 2.23. The van der Waals surface area contributed by atoms with Crippen molar-refractivity contribution in [3.05, 3.63) is 76.1 Å². The smallest absolute Gasteiger partial charge is 0.270 e. The molecule has 138 valence electrons. The van der Waals surface area contributed by atoms with Crippen LogP contribution in [0.3, 0.4) is 0 Å². The normalized spacial score (nSPS) is 11.5. The van der Waals surface area contributed by atoms with E-state index in [9.17, 15) is 14.9 Å². The summed E-state index contributed by atoms with van der Waals surface area (Å²) in [5, 5.41) is 11.0. The van der Waals surface area contributed by atoms with Gasteiger partial charge >= 0.3 is 0 Å². The van der Waals surface area contributed by atoms with Crippen molar-refractivity contribution in [3.63, 3.8) is 0 Å². The highest BCUT2D eigenvalue weighted by atomic mass is 32.1. The molecule has 0 spiro atoms. The maximum Gasteiger partial charge on any atom is 0.270 e. The number of hydrogen-bond acceptors (Lipinski definition) is 5. The van der Waals surface area contributed by atoms with Crippen molar-refractivity contribution in [3.8, 4) is 5.75 Å². The molecule has 3 aromatic rings. The van der Waals surface area contributed by atoms with E-state index in [1.807, 2.05) is 34.9 Å². The van der Waals surface area contributed by atoms with Crippen LogP contribution in [0.5, 0.6) is 5.75 Å². The Morgan fingerprint density at radius 3 is 2.78 bits per heavy atom. The van der Waals surface area contributed by atoms with E-state index in [1.165, 1.54) is 23.5 Å². The van der Waals surface area contributed by atoms with Gasteiger partial charge in [-0.1, -0.05) is 35.6 Å². The molecule has 0 aliphatic carbocycles. The molecule has 0 radical (unpaired) electrons. The zero-order valence-corrected chi connectivity index (χ0v) is 15.2. The lowest BCUT2D eigenvalue weighted by molar-refractivity contribution is -0.384. The van der Waals surface area contributed by atoms with Gasteiger partial charge in [-0.25, -0.2) is 0 Å². The number of non-ortho nitro benzene ring substituents is 1. The van der Waals surface area contributed by atoms with Gasteiger partial charge in [-0.15, -0.1) is 6.58 Å². The number of carbonyl (C=O) groups excluding carboxylic acids is 1. The molecule has 8 heteroatoms. The van der Waals surface area contributed by atoms with Gasteiger partial charge in [0, 0.05) is 18.7 Å². The lowest BCUT2D eigenvalue weighted by Gasteiger charge is -2.03.